The third kappa shape index (κ3) is 4.11. The molecule has 0 fully saturated rings. The van der Waals surface area contributed by atoms with Crippen molar-refractivity contribution in [2.45, 2.75) is 38.5 Å². The Kier molecular flexibility index (Phi) is 4.58. The molecular weight excluding hydrogens is 162 g/mol. The van der Waals surface area contributed by atoms with Gasteiger partial charge in [-0.25, -0.2) is 0 Å². The molecule has 0 bridgehead atoms. The minimum atomic E-state index is 0.189. The predicted molar refractivity (Wildman–Crippen MR) is 54.4 cm³/mol. The molecule has 0 aromatic carbocycles. The van der Waals surface area contributed by atoms with Crippen LogP contribution in [0.15, 0.2) is 12.2 Å². The first-order valence-electron chi connectivity index (χ1n) is 5.18. The van der Waals surface area contributed by atoms with Crippen LogP contribution in [0.25, 0.3) is 0 Å². The third-order valence-electron chi connectivity index (χ3n) is 2.64. The Balaban J connectivity index is 2.31. The van der Waals surface area contributed by atoms with Crippen molar-refractivity contribution in [2.75, 3.05) is 7.05 Å². The van der Waals surface area contributed by atoms with Gasteiger partial charge in [-0.3, -0.25) is 4.79 Å². The van der Waals surface area contributed by atoms with Gasteiger partial charge in [0.15, 0.2) is 0 Å². The van der Waals surface area contributed by atoms with Crippen molar-refractivity contribution in [2.24, 2.45) is 5.92 Å². The summed E-state index contributed by atoms with van der Waals surface area (Å²) < 4.78 is 0. The van der Waals surface area contributed by atoms with E-state index in [0.717, 1.165) is 6.42 Å². The van der Waals surface area contributed by atoms with E-state index in [9.17, 15) is 4.79 Å². The highest BCUT2D eigenvalue weighted by Gasteiger charge is 2.12. The van der Waals surface area contributed by atoms with Crippen molar-refractivity contribution >= 4 is 5.91 Å². The standard InChI is InChI=1S/C11H19NO/c1-12-11(13)9-10-7-5-3-2-4-6-8-10/h2-3,10H,4-9H2,1H3,(H,12,13)/b3-2+. The number of hydrogen-bond donors (Lipinski definition) is 1. The Hall–Kier alpha value is -0.790. The zero-order valence-corrected chi connectivity index (χ0v) is 8.38. The smallest absolute Gasteiger partial charge is 0.220 e. The maximum atomic E-state index is 11.1. The van der Waals surface area contributed by atoms with Crippen LogP contribution in [-0.4, -0.2) is 13.0 Å². The van der Waals surface area contributed by atoms with Gasteiger partial charge in [0.1, 0.15) is 0 Å². The van der Waals surface area contributed by atoms with Crippen LogP contribution >= 0.6 is 0 Å². The number of rotatable bonds is 2. The number of carbonyl (C=O) groups excluding carboxylic acids is 1. The van der Waals surface area contributed by atoms with Crippen LogP contribution < -0.4 is 5.32 Å². The van der Waals surface area contributed by atoms with E-state index >= 15 is 0 Å². The average Bonchev–Trinajstić information content (AvgIpc) is 2.09. The molecule has 0 heterocycles. The molecule has 74 valence electrons. The minimum Gasteiger partial charge on any atom is -0.359 e. The van der Waals surface area contributed by atoms with E-state index in [1.54, 1.807) is 7.05 Å². The van der Waals surface area contributed by atoms with Crippen molar-refractivity contribution in [3.05, 3.63) is 12.2 Å². The molecule has 1 N–H and O–H groups in total. The van der Waals surface area contributed by atoms with Gasteiger partial charge < -0.3 is 5.32 Å². The largest absolute Gasteiger partial charge is 0.359 e. The molecule has 1 atom stereocenters. The molecule has 1 aliphatic carbocycles. The highest BCUT2D eigenvalue weighted by atomic mass is 16.1. The van der Waals surface area contributed by atoms with E-state index in [2.05, 4.69) is 17.5 Å². The van der Waals surface area contributed by atoms with Crippen LogP contribution in [0.5, 0.6) is 0 Å². The lowest BCUT2D eigenvalue weighted by atomic mass is 9.91. The summed E-state index contributed by atoms with van der Waals surface area (Å²) in [5, 5.41) is 2.69. The Morgan fingerprint density at radius 1 is 1.38 bits per heavy atom. The third-order valence-corrected chi connectivity index (χ3v) is 2.64. The number of allylic oxidation sites excluding steroid dienone is 2. The van der Waals surface area contributed by atoms with Gasteiger partial charge in [-0.1, -0.05) is 12.2 Å². The predicted octanol–water partition coefficient (Wildman–Crippen LogP) is 2.26. The molecule has 1 unspecified atom stereocenters. The molecule has 0 radical (unpaired) electrons. The fourth-order valence-corrected chi connectivity index (χ4v) is 1.80. The molecule has 2 nitrogen and oxygen atoms in total. The van der Waals surface area contributed by atoms with Gasteiger partial charge in [-0.05, 0) is 38.0 Å². The summed E-state index contributed by atoms with van der Waals surface area (Å²) in [6.45, 7) is 0. The molecule has 1 aliphatic rings. The molecule has 1 rings (SSSR count). The van der Waals surface area contributed by atoms with Gasteiger partial charge in [0.05, 0.1) is 0 Å². The summed E-state index contributed by atoms with van der Waals surface area (Å²) in [7, 11) is 1.71. The Labute approximate surface area is 80.4 Å². The van der Waals surface area contributed by atoms with Crippen LogP contribution in [0.4, 0.5) is 0 Å². The van der Waals surface area contributed by atoms with E-state index in [0.29, 0.717) is 12.3 Å². The van der Waals surface area contributed by atoms with Gasteiger partial charge in [0.2, 0.25) is 5.91 Å². The summed E-state index contributed by atoms with van der Waals surface area (Å²) in [6, 6.07) is 0. The highest BCUT2D eigenvalue weighted by molar-refractivity contribution is 5.75. The van der Waals surface area contributed by atoms with E-state index in [4.69, 9.17) is 0 Å². The maximum absolute atomic E-state index is 11.1. The normalized spacial score (nSPS) is 25.8. The first-order chi connectivity index (χ1) is 6.33. The average molecular weight is 181 g/mol. The quantitative estimate of drug-likeness (QED) is 0.650. The number of carbonyl (C=O) groups is 1. The molecule has 0 aromatic heterocycles. The fourth-order valence-electron chi connectivity index (χ4n) is 1.80. The first-order valence-corrected chi connectivity index (χ1v) is 5.18. The van der Waals surface area contributed by atoms with E-state index in [1.165, 1.54) is 25.7 Å². The molecule has 0 spiro atoms. The Morgan fingerprint density at radius 3 is 2.92 bits per heavy atom. The summed E-state index contributed by atoms with van der Waals surface area (Å²) in [4.78, 5) is 11.1. The maximum Gasteiger partial charge on any atom is 0.220 e. The van der Waals surface area contributed by atoms with Gasteiger partial charge in [-0.2, -0.15) is 0 Å². The van der Waals surface area contributed by atoms with Crippen molar-refractivity contribution < 1.29 is 4.79 Å². The molecule has 0 saturated heterocycles. The Bertz CT molecular complexity index is 187. The lowest BCUT2D eigenvalue weighted by Gasteiger charge is -2.16. The minimum absolute atomic E-state index is 0.189. The fraction of sp³-hybridized carbons (Fsp3) is 0.727. The monoisotopic (exact) mass is 181 g/mol. The SMILES string of the molecule is CNC(=O)CC1CC/C=C/CCC1. The Morgan fingerprint density at radius 2 is 2.15 bits per heavy atom. The number of amides is 1. The number of nitrogens with one attached hydrogen (secondary N) is 1. The molecule has 0 aliphatic heterocycles. The van der Waals surface area contributed by atoms with Crippen molar-refractivity contribution in [1.82, 2.24) is 5.32 Å². The second kappa shape index (κ2) is 5.79. The van der Waals surface area contributed by atoms with E-state index in [-0.39, 0.29) is 5.91 Å². The molecule has 2 heteroatoms. The second-order valence-electron chi connectivity index (χ2n) is 3.72. The van der Waals surface area contributed by atoms with E-state index in [1.807, 2.05) is 0 Å². The molecule has 1 amide bonds. The van der Waals surface area contributed by atoms with Crippen molar-refractivity contribution in [3.63, 3.8) is 0 Å². The lowest BCUT2D eigenvalue weighted by molar-refractivity contribution is -0.121. The van der Waals surface area contributed by atoms with Crippen LogP contribution in [0.2, 0.25) is 0 Å². The molecule has 0 saturated carbocycles. The summed E-state index contributed by atoms with van der Waals surface area (Å²) in [5.41, 5.74) is 0. The van der Waals surface area contributed by atoms with Crippen LogP contribution in [-0.2, 0) is 4.79 Å². The summed E-state index contributed by atoms with van der Waals surface area (Å²) in [5.74, 6) is 0.791. The van der Waals surface area contributed by atoms with Gasteiger partial charge in [-0.15, -0.1) is 0 Å². The zero-order chi connectivity index (χ0) is 9.52. The van der Waals surface area contributed by atoms with Gasteiger partial charge >= 0.3 is 0 Å². The van der Waals surface area contributed by atoms with Crippen LogP contribution in [0.1, 0.15) is 38.5 Å². The molecule has 0 aromatic rings. The summed E-state index contributed by atoms with van der Waals surface area (Å²) >= 11 is 0. The van der Waals surface area contributed by atoms with Crippen LogP contribution in [0, 0.1) is 5.92 Å². The first kappa shape index (κ1) is 10.3. The molecule has 13 heavy (non-hydrogen) atoms. The summed E-state index contributed by atoms with van der Waals surface area (Å²) in [6.07, 6.45) is 11.2. The molecular formula is C11H19NO. The highest BCUT2D eigenvalue weighted by Crippen LogP contribution is 2.21. The van der Waals surface area contributed by atoms with Crippen molar-refractivity contribution in [1.29, 1.82) is 0 Å². The topological polar surface area (TPSA) is 29.1 Å². The van der Waals surface area contributed by atoms with Gasteiger partial charge in [0.25, 0.3) is 0 Å². The van der Waals surface area contributed by atoms with Crippen LogP contribution in [0.3, 0.4) is 0 Å². The second-order valence-corrected chi connectivity index (χ2v) is 3.72. The number of hydrogen-bond acceptors (Lipinski definition) is 1. The lowest BCUT2D eigenvalue weighted by Crippen LogP contribution is -2.21. The van der Waals surface area contributed by atoms with E-state index < -0.39 is 0 Å². The van der Waals surface area contributed by atoms with Gasteiger partial charge in [0, 0.05) is 13.5 Å². The van der Waals surface area contributed by atoms with Crippen molar-refractivity contribution in [3.8, 4) is 0 Å². The zero-order valence-electron chi connectivity index (χ0n) is 8.38.